The van der Waals surface area contributed by atoms with Crippen LogP contribution in [-0.2, 0) is 0 Å². The van der Waals surface area contributed by atoms with E-state index in [1.165, 1.54) is 0 Å². The van der Waals surface area contributed by atoms with Crippen LogP contribution in [0.3, 0.4) is 0 Å². The average molecular weight is 308 g/mol. The van der Waals surface area contributed by atoms with Gasteiger partial charge in [-0.15, -0.1) is 0 Å². The number of rotatable bonds is 4. The highest BCUT2D eigenvalue weighted by Gasteiger charge is 2.31. The van der Waals surface area contributed by atoms with Gasteiger partial charge >= 0.3 is 0 Å². The minimum Gasteiger partial charge on any atom is -0.387 e. The van der Waals surface area contributed by atoms with E-state index in [1.807, 2.05) is 18.2 Å². The summed E-state index contributed by atoms with van der Waals surface area (Å²) in [6.07, 6.45) is 1.43. The first-order valence-electron chi connectivity index (χ1n) is 7.12. The predicted octanol–water partition coefficient (Wildman–Crippen LogP) is 2.90. The normalized spacial score (nSPS) is 20.8. The number of aryl methyl sites for hydroxylation is 1. The van der Waals surface area contributed by atoms with Gasteiger partial charge < -0.3 is 9.63 Å². The lowest BCUT2D eigenvalue weighted by atomic mass is 10.1. The Balaban J connectivity index is 1.73. The topological polar surface area (TPSA) is 62.4 Å². The Morgan fingerprint density at radius 3 is 3.00 bits per heavy atom. The van der Waals surface area contributed by atoms with Gasteiger partial charge in [0.2, 0.25) is 5.89 Å². The zero-order valence-corrected chi connectivity index (χ0v) is 12.6. The third kappa shape index (κ3) is 3.10. The summed E-state index contributed by atoms with van der Waals surface area (Å²) in [5, 5.41) is 15.0. The van der Waals surface area contributed by atoms with Crippen LogP contribution < -0.4 is 0 Å². The molecule has 0 bridgehead atoms. The van der Waals surface area contributed by atoms with Crippen molar-refractivity contribution in [2.75, 3.05) is 13.1 Å². The van der Waals surface area contributed by atoms with E-state index in [0.29, 0.717) is 23.3 Å². The van der Waals surface area contributed by atoms with Crippen molar-refractivity contribution < 1.29 is 9.63 Å². The molecule has 1 aliphatic rings. The number of aliphatic hydroxyl groups excluding tert-OH is 1. The van der Waals surface area contributed by atoms with E-state index in [-0.39, 0.29) is 6.04 Å². The molecule has 6 heteroatoms. The van der Waals surface area contributed by atoms with Crippen LogP contribution >= 0.6 is 11.6 Å². The maximum atomic E-state index is 10.4. The van der Waals surface area contributed by atoms with Gasteiger partial charge in [-0.1, -0.05) is 35.0 Å². The predicted molar refractivity (Wildman–Crippen MR) is 79.0 cm³/mol. The Bertz CT molecular complexity index is 616. The summed E-state index contributed by atoms with van der Waals surface area (Å²) in [5.41, 5.74) is 0.758. The van der Waals surface area contributed by atoms with Gasteiger partial charge in [0.25, 0.3) is 0 Å². The van der Waals surface area contributed by atoms with Gasteiger partial charge in [-0.05, 0) is 25.5 Å². The maximum Gasteiger partial charge on any atom is 0.223 e. The lowest BCUT2D eigenvalue weighted by Gasteiger charge is -2.25. The van der Waals surface area contributed by atoms with Crippen LogP contribution in [0.2, 0.25) is 5.02 Å². The molecule has 1 aromatic carbocycles. The van der Waals surface area contributed by atoms with E-state index in [1.54, 1.807) is 13.0 Å². The second-order valence-electron chi connectivity index (χ2n) is 5.36. The Morgan fingerprint density at radius 2 is 2.29 bits per heavy atom. The summed E-state index contributed by atoms with van der Waals surface area (Å²) in [6, 6.07) is 7.51. The van der Waals surface area contributed by atoms with Crippen LogP contribution in [0.1, 0.15) is 42.3 Å². The molecule has 0 aliphatic carbocycles. The van der Waals surface area contributed by atoms with E-state index >= 15 is 0 Å². The first-order valence-corrected chi connectivity index (χ1v) is 7.49. The molecular weight excluding hydrogens is 290 g/mol. The van der Waals surface area contributed by atoms with E-state index in [9.17, 15) is 5.11 Å². The van der Waals surface area contributed by atoms with Gasteiger partial charge in [0.15, 0.2) is 5.82 Å². The number of likely N-dealkylation sites (tertiary alicyclic amines) is 1. The summed E-state index contributed by atoms with van der Waals surface area (Å²) in [6.45, 7) is 3.22. The number of hydrogen-bond acceptors (Lipinski definition) is 5. The molecule has 3 rings (SSSR count). The summed E-state index contributed by atoms with van der Waals surface area (Å²) >= 11 is 6.14. The fourth-order valence-corrected chi connectivity index (χ4v) is 3.11. The highest BCUT2D eigenvalue weighted by Crippen LogP contribution is 2.33. The fraction of sp³-hybridized carbons (Fsp3) is 0.467. The first kappa shape index (κ1) is 14.5. The second-order valence-corrected chi connectivity index (χ2v) is 5.77. The number of benzene rings is 1. The molecule has 0 spiro atoms. The highest BCUT2D eigenvalue weighted by atomic mass is 35.5. The van der Waals surface area contributed by atoms with Gasteiger partial charge in [-0.2, -0.15) is 4.98 Å². The van der Waals surface area contributed by atoms with Gasteiger partial charge in [-0.3, -0.25) is 4.90 Å². The Morgan fingerprint density at radius 1 is 1.48 bits per heavy atom. The lowest BCUT2D eigenvalue weighted by Crippen LogP contribution is -2.29. The standard InChI is InChI=1S/C15H18ClN3O2/c1-10-17-15(18-21-10)13-7-4-8-19(13)9-14(20)11-5-2-3-6-12(11)16/h2-3,5-6,13-14,20H,4,7-9H2,1H3/t13-,14-/m1/s1. The minimum atomic E-state index is -0.618. The molecule has 0 radical (unpaired) electrons. The van der Waals surface area contributed by atoms with E-state index in [0.717, 1.165) is 24.9 Å². The zero-order chi connectivity index (χ0) is 14.8. The molecule has 112 valence electrons. The molecule has 1 aliphatic heterocycles. The summed E-state index contributed by atoms with van der Waals surface area (Å²) in [7, 11) is 0. The first-order chi connectivity index (χ1) is 10.1. The molecule has 2 heterocycles. The summed E-state index contributed by atoms with van der Waals surface area (Å²) in [4.78, 5) is 6.51. The SMILES string of the molecule is Cc1nc([C@H]2CCCN2C[C@@H](O)c2ccccc2Cl)no1. The van der Waals surface area contributed by atoms with Crippen molar-refractivity contribution in [2.45, 2.75) is 31.9 Å². The molecule has 21 heavy (non-hydrogen) atoms. The van der Waals surface area contributed by atoms with Crippen molar-refractivity contribution >= 4 is 11.6 Å². The molecule has 1 fully saturated rings. The van der Waals surface area contributed by atoms with Crippen molar-refractivity contribution in [3.8, 4) is 0 Å². The number of aromatic nitrogens is 2. The molecule has 2 aromatic rings. The number of hydrogen-bond donors (Lipinski definition) is 1. The van der Waals surface area contributed by atoms with Crippen LogP contribution in [0.4, 0.5) is 0 Å². The minimum absolute atomic E-state index is 0.111. The third-order valence-electron chi connectivity index (χ3n) is 3.88. The monoisotopic (exact) mass is 307 g/mol. The highest BCUT2D eigenvalue weighted by molar-refractivity contribution is 6.31. The van der Waals surface area contributed by atoms with Crippen LogP contribution in [0.5, 0.6) is 0 Å². The van der Waals surface area contributed by atoms with Gasteiger partial charge in [-0.25, -0.2) is 0 Å². The van der Waals surface area contributed by atoms with Crippen molar-refractivity contribution in [1.29, 1.82) is 0 Å². The van der Waals surface area contributed by atoms with Crippen LogP contribution in [0.15, 0.2) is 28.8 Å². The molecule has 1 N–H and O–H groups in total. The molecule has 1 aromatic heterocycles. The van der Waals surface area contributed by atoms with Crippen molar-refractivity contribution in [1.82, 2.24) is 15.0 Å². The quantitative estimate of drug-likeness (QED) is 0.941. The van der Waals surface area contributed by atoms with Gasteiger partial charge in [0.05, 0.1) is 12.1 Å². The number of nitrogens with zero attached hydrogens (tertiary/aromatic N) is 3. The fourth-order valence-electron chi connectivity index (χ4n) is 2.85. The van der Waals surface area contributed by atoms with E-state index in [2.05, 4.69) is 15.0 Å². The second kappa shape index (κ2) is 6.13. The van der Waals surface area contributed by atoms with Crippen molar-refractivity contribution in [3.63, 3.8) is 0 Å². The molecule has 5 nitrogen and oxygen atoms in total. The summed E-state index contributed by atoms with van der Waals surface area (Å²) in [5.74, 6) is 1.28. The largest absolute Gasteiger partial charge is 0.387 e. The summed E-state index contributed by atoms with van der Waals surface area (Å²) < 4.78 is 5.06. The Hall–Kier alpha value is -1.43. The van der Waals surface area contributed by atoms with E-state index in [4.69, 9.17) is 16.1 Å². The lowest BCUT2D eigenvalue weighted by molar-refractivity contribution is 0.103. The van der Waals surface area contributed by atoms with Gasteiger partial charge in [0.1, 0.15) is 0 Å². The van der Waals surface area contributed by atoms with Crippen molar-refractivity contribution in [3.05, 3.63) is 46.6 Å². The molecule has 1 saturated heterocycles. The smallest absolute Gasteiger partial charge is 0.223 e. The Kier molecular flexibility index (Phi) is 4.24. The molecule has 0 unspecified atom stereocenters. The molecule has 0 saturated carbocycles. The van der Waals surface area contributed by atoms with E-state index < -0.39 is 6.10 Å². The number of β-amino-alcohol motifs (C(OH)–C–C–N with tert-alkyl or cyclic N) is 1. The third-order valence-corrected chi connectivity index (χ3v) is 4.22. The number of halogens is 1. The van der Waals surface area contributed by atoms with Crippen molar-refractivity contribution in [2.24, 2.45) is 0 Å². The van der Waals surface area contributed by atoms with Crippen LogP contribution in [-0.4, -0.2) is 33.2 Å². The Labute approximate surface area is 128 Å². The average Bonchev–Trinajstić information content (AvgIpc) is 3.08. The van der Waals surface area contributed by atoms with Crippen LogP contribution in [0.25, 0.3) is 0 Å². The molecule has 2 atom stereocenters. The van der Waals surface area contributed by atoms with Gasteiger partial charge in [0, 0.05) is 24.1 Å². The number of aliphatic hydroxyl groups is 1. The molecular formula is C15H18ClN3O2. The molecule has 0 amide bonds. The van der Waals surface area contributed by atoms with Crippen LogP contribution in [0, 0.1) is 6.92 Å². The maximum absolute atomic E-state index is 10.4. The zero-order valence-electron chi connectivity index (χ0n) is 11.9.